The lowest BCUT2D eigenvalue weighted by Gasteiger charge is -2.45. The van der Waals surface area contributed by atoms with E-state index < -0.39 is 0 Å². The number of amides is 1. The molecule has 2 atom stereocenters. The molecule has 1 amide bonds. The highest BCUT2D eigenvalue weighted by Crippen LogP contribution is 2.20. The number of nitrogens with zero attached hydrogens (tertiary/aromatic N) is 2. The molecule has 2 heterocycles. The Morgan fingerprint density at radius 1 is 1.46 bits per heavy atom. The highest BCUT2D eigenvalue weighted by Gasteiger charge is 2.39. The van der Waals surface area contributed by atoms with Gasteiger partial charge < -0.3 is 15.5 Å². The lowest BCUT2D eigenvalue weighted by Crippen LogP contribution is -2.66. The molecule has 0 bridgehead atoms. The summed E-state index contributed by atoms with van der Waals surface area (Å²) in [6.45, 7) is 2.93. The minimum atomic E-state index is -0.216. The van der Waals surface area contributed by atoms with E-state index in [0.717, 1.165) is 26.1 Å². The number of likely N-dealkylation sites (N-methyl/N-ethyl adjacent to an activating group) is 1. The van der Waals surface area contributed by atoms with Crippen LogP contribution < -0.4 is 5.73 Å². The third kappa shape index (κ3) is 1.56. The summed E-state index contributed by atoms with van der Waals surface area (Å²) >= 11 is 0. The van der Waals surface area contributed by atoms with Crippen molar-refractivity contribution in [2.75, 3.05) is 26.7 Å². The summed E-state index contributed by atoms with van der Waals surface area (Å²) in [5, 5.41) is 0. The fourth-order valence-corrected chi connectivity index (χ4v) is 2.20. The standard InChI is InChI=1S/C9H17N3O/c1-11-4-2-3-7(5-11)12-6-8(10)9(12)13/h7-8H,2-6,10H2,1H3. The average Bonchev–Trinajstić information content (AvgIpc) is 2.13. The van der Waals surface area contributed by atoms with Crippen molar-refractivity contribution in [1.29, 1.82) is 0 Å². The predicted molar refractivity (Wildman–Crippen MR) is 50.2 cm³/mol. The zero-order valence-electron chi connectivity index (χ0n) is 8.07. The summed E-state index contributed by atoms with van der Waals surface area (Å²) in [5.74, 6) is 0.139. The quantitative estimate of drug-likeness (QED) is 0.544. The van der Waals surface area contributed by atoms with Gasteiger partial charge in [0.2, 0.25) is 5.91 Å². The van der Waals surface area contributed by atoms with Crippen molar-refractivity contribution in [2.24, 2.45) is 5.73 Å². The van der Waals surface area contributed by atoms with Crippen molar-refractivity contribution in [1.82, 2.24) is 9.80 Å². The Balaban J connectivity index is 1.90. The van der Waals surface area contributed by atoms with Crippen molar-refractivity contribution >= 4 is 5.91 Å². The lowest BCUT2D eigenvalue weighted by atomic mass is 9.98. The van der Waals surface area contributed by atoms with Crippen molar-refractivity contribution in [2.45, 2.75) is 24.9 Å². The van der Waals surface area contributed by atoms with Gasteiger partial charge in [0.25, 0.3) is 0 Å². The van der Waals surface area contributed by atoms with Crippen molar-refractivity contribution in [3.8, 4) is 0 Å². The molecule has 2 N–H and O–H groups in total. The SMILES string of the molecule is CN1CCCC(N2CC(N)C2=O)C1. The lowest BCUT2D eigenvalue weighted by molar-refractivity contribution is -0.147. The Morgan fingerprint density at radius 2 is 2.23 bits per heavy atom. The summed E-state index contributed by atoms with van der Waals surface area (Å²) < 4.78 is 0. The van der Waals surface area contributed by atoms with Crippen LogP contribution in [-0.2, 0) is 4.79 Å². The summed E-state index contributed by atoms with van der Waals surface area (Å²) in [7, 11) is 2.11. The van der Waals surface area contributed by atoms with E-state index in [2.05, 4.69) is 11.9 Å². The van der Waals surface area contributed by atoms with E-state index in [-0.39, 0.29) is 11.9 Å². The molecule has 2 aliphatic rings. The molecule has 0 spiro atoms. The van der Waals surface area contributed by atoms with E-state index in [1.54, 1.807) is 0 Å². The normalized spacial score (nSPS) is 36.2. The van der Waals surface area contributed by atoms with E-state index in [0.29, 0.717) is 6.04 Å². The minimum Gasteiger partial charge on any atom is -0.335 e. The van der Waals surface area contributed by atoms with E-state index in [9.17, 15) is 4.79 Å². The van der Waals surface area contributed by atoms with Gasteiger partial charge in [0.15, 0.2) is 0 Å². The van der Waals surface area contributed by atoms with Gasteiger partial charge in [0, 0.05) is 19.1 Å². The van der Waals surface area contributed by atoms with Gasteiger partial charge in [-0.1, -0.05) is 0 Å². The first kappa shape index (κ1) is 8.97. The number of carbonyl (C=O) groups excluding carboxylic acids is 1. The molecule has 2 fully saturated rings. The number of hydrogen-bond donors (Lipinski definition) is 1. The van der Waals surface area contributed by atoms with E-state index >= 15 is 0 Å². The maximum Gasteiger partial charge on any atom is 0.241 e. The van der Waals surface area contributed by atoms with Crippen LogP contribution in [0.4, 0.5) is 0 Å². The summed E-state index contributed by atoms with van der Waals surface area (Å²) in [6.07, 6.45) is 2.34. The first-order valence-electron chi connectivity index (χ1n) is 4.93. The molecule has 4 nitrogen and oxygen atoms in total. The Labute approximate surface area is 78.7 Å². The van der Waals surface area contributed by atoms with Gasteiger partial charge in [-0.15, -0.1) is 0 Å². The highest BCUT2D eigenvalue weighted by molar-refractivity contribution is 5.88. The first-order chi connectivity index (χ1) is 6.18. The van der Waals surface area contributed by atoms with E-state index in [1.165, 1.54) is 6.42 Å². The number of likely N-dealkylation sites (tertiary alicyclic amines) is 2. The molecule has 74 valence electrons. The van der Waals surface area contributed by atoms with Crippen LogP contribution in [0.2, 0.25) is 0 Å². The molecule has 0 aromatic heterocycles. The van der Waals surface area contributed by atoms with Gasteiger partial charge in [0.1, 0.15) is 6.04 Å². The van der Waals surface area contributed by atoms with Crippen LogP contribution in [0.25, 0.3) is 0 Å². The van der Waals surface area contributed by atoms with Gasteiger partial charge in [-0.2, -0.15) is 0 Å². The number of hydrogen-bond acceptors (Lipinski definition) is 3. The summed E-state index contributed by atoms with van der Waals surface area (Å²) in [5.41, 5.74) is 5.55. The third-order valence-electron chi connectivity index (χ3n) is 3.03. The second kappa shape index (κ2) is 3.27. The van der Waals surface area contributed by atoms with Crippen molar-refractivity contribution in [3.05, 3.63) is 0 Å². The zero-order valence-corrected chi connectivity index (χ0v) is 8.07. The molecule has 2 unspecified atom stereocenters. The largest absolute Gasteiger partial charge is 0.335 e. The molecule has 0 radical (unpaired) electrons. The Bertz CT molecular complexity index is 219. The third-order valence-corrected chi connectivity index (χ3v) is 3.03. The Kier molecular flexibility index (Phi) is 2.26. The van der Waals surface area contributed by atoms with Crippen LogP contribution >= 0.6 is 0 Å². The van der Waals surface area contributed by atoms with Crippen LogP contribution in [0.5, 0.6) is 0 Å². The summed E-state index contributed by atoms with van der Waals surface area (Å²) in [4.78, 5) is 15.6. The Hall–Kier alpha value is -0.610. The van der Waals surface area contributed by atoms with Crippen LogP contribution in [0.15, 0.2) is 0 Å². The molecule has 2 rings (SSSR count). The molecule has 0 aromatic rings. The molecule has 4 heteroatoms. The molecular formula is C9H17N3O. The fourth-order valence-electron chi connectivity index (χ4n) is 2.20. The maximum atomic E-state index is 11.3. The topological polar surface area (TPSA) is 49.6 Å². The van der Waals surface area contributed by atoms with Gasteiger partial charge in [-0.25, -0.2) is 0 Å². The van der Waals surface area contributed by atoms with Crippen LogP contribution in [-0.4, -0.2) is 54.5 Å². The average molecular weight is 183 g/mol. The van der Waals surface area contributed by atoms with E-state index in [1.807, 2.05) is 4.90 Å². The second-order valence-electron chi connectivity index (χ2n) is 4.16. The van der Waals surface area contributed by atoms with Gasteiger partial charge in [-0.3, -0.25) is 4.79 Å². The minimum absolute atomic E-state index is 0.139. The first-order valence-corrected chi connectivity index (χ1v) is 4.93. The smallest absolute Gasteiger partial charge is 0.241 e. The molecule has 13 heavy (non-hydrogen) atoms. The van der Waals surface area contributed by atoms with Crippen LogP contribution in [0.1, 0.15) is 12.8 Å². The molecule has 0 aromatic carbocycles. The van der Waals surface area contributed by atoms with Crippen molar-refractivity contribution in [3.63, 3.8) is 0 Å². The zero-order chi connectivity index (χ0) is 9.42. The molecular weight excluding hydrogens is 166 g/mol. The number of β-lactam (4-membered cyclic amide) rings is 1. The predicted octanol–water partition coefficient (Wildman–Crippen LogP) is -0.750. The maximum absolute atomic E-state index is 11.3. The fraction of sp³-hybridized carbons (Fsp3) is 0.889. The van der Waals surface area contributed by atoms with Gasteiger partial charge in [0.05, 0.1) is 0 Å². The molecule has 2 aliphatic heterocycles. The molecule has 0 aliphatic carbocycles. The number of rotatable bonds is 1. The van der Waals surface area contributed by atoms with Gasteiger partial charge >= 0.3 is 0 Å². The highest BCUT2D eigenvalue weighted by atomic mass is 16.2. The number of piperidine rings is 1. The summed E-state index contributed by atoms with van der Waals surface area (Å²) in [6, 6.07) is 0.207. The van der Waals surface area contributed by atoms with Gasteiger partial charge in [-0.05, 0) is 26.4 Å². The van der Waals surface area contributed by atoms with E-state index in [4.69, 9.17) is 5.73 Å². The number of carbonyl (C=O) groups is 1. The van der Waals surface area contributed by atoms with Crippen LogP contribution in [0.3, 0.4) is 0 Å². The van der Waals surface area contributed by atoms with Crippen LogP contribution in [0, 0.1) is 0 Å². The monoisotopic (exact) mass is 183 g/mol. The Morgan fingerprint density at radius 3 is 2.77 bits per heavy atom. The molecule has 0 saturated carbocycles. The number of nitrogens with two attached hydrogens (primary N) is 1. The van der Waals surface area contributed by atoms with Crippen molar-refractivity contribution < 1.29 is 4.79 Å². The second-order valence-corrected chi connectivity index (χ2v) is 4.16. The molecule has 2 saturated heterocycles.